The molecule has 0 saturated heterocycles. The molecule has 0 atom stereocenters. The third kappa shape index (κ3) is 16.8. The molecule has 24 rings (SSSR count). The summed E-state index contributed by atoms with van der Waals surface area (Å²) in [4.78, 5) is 29.9. The Kier molecular flexibility index (Phi) is 22.6. The van der Waals surface area contributed by atoms with E-state index in [0.29, 0.717) is 40.5 Å². The number of hydrogen-bond donors (Lipinski definition) is 0. The monoisotopic (exact) mass is 1800 g/mol. The number of halogens is 1. The van der Waals surface area contributed by atoms with Crippen molar-refractivity contribution in [3.63, 3.8) is 0 Å². The van der Waals surface area contributed by atoms with Crippen LogP contribution in [0.1, 0.15) is 77.9 Å². The number of thiophene rings is 2. The highest BCUT2D eigenvalue weighted by Gasteiger charge is 2.26. The van der Waals surface area contributed by atoms with E-state index < -0.39 is 0 Å². The van der Waals surface area contributed by atoms with E-state index in [1.54, 1.807) is 17.4 Å². The number of fused-ring (bicyclic) bond motifs is 12. The van der Waals surface area contributed by atoms with Gasteiger partial charge in [-0.25, -0.2) is 34.3 Å². The molecule has 660 valence electrons. The molecule has 10 heteroatoms. The SMILES string of the molecule is Cc1cc(C)c(-c2ccc3c(c2)Cc2ccc(-c4c(C)cc(C)cc4C)cc2-3)c(C)c1.Cc1cc(C)c(-c2ccc3c(c2)c2ccc(-c4c(C)cc(C)cc4C)cc2n3-c2cc(-c3ccc4sc5ccccc5c4c3)cc(-c3nc(-c4ccccc4)nc(-c4ccccc4)n3)c2)c(C)c1.Fc1cc(-c2ccc3sc4ccccc4c3c2)cc(-c2nc(-c3ccccc3)nc(-c3ccccc3)n2)c1. The lowest BCUT2D eigenvalue weighted by molar-refractivity contribution is 0.628. The fraction of sp³-hybridized carbons (Fsp3) is 0.102. The van der Waals surface area contributed by atoms with Gasteiger partial charge < -0.3 is 4.57 Å². The molecule has 23 aromatic rings. The Morgan fingerprint density at radius 2 is 0.540 bits per heavy atom. The van der Waals surface area contributed by atoms with Crippen molar-refractivity contribution in [2.24, 2.45) is 0 Å². The summed E-state index contributed by atoms with van der Waals surface area (Å²) in [7, 11) is 0. The number of aryl methyl sites for hydroxylation is 12. The van der Waals surface area contributed by atoms with Crippen LogP contribution >= 0.6 is 22.7 Å². The number of aromatic nitrogens is 7. The quantitative estimate of drug-likeness (QED) is 0.114. The topological polar surface area (TPSA) is 82.3 Å². The van der Waals surface area contributed by atoms with Gasteiger partial charge in [-0.05, 0) is 320 Å². The Morgan fingerprint density at radius 3 is 0.985 bits per heavy atom. The Morgan fingerprint density at radius 1 is 0.212 bits per heavy atom. The average molecular weight is 1810 g/mol. The zero-order chi connectivity index (χ0) is 93.5. The summed E-state index contributed by atoms with van der Waals surface area (Å²) in [6.07, 6.45) is 1.02. The molecular formula is C127H98FN7S2. The molecule has 5 aromatic heterocycles. The Bertz CT molecular complexity index is 8560. The summed E-state index contributed by atoms with van der Waals surface area (Å²) < 4.78 is 22.6. The van der Waals surface area contributed by atoms with E-state index in [9.17, 15) is 0 Å². The van der Waals surface area contributed by atoms with Crippen LogP contribution < -0.4 is 0 Å². The first-order valence-electron chi connectivity index (χ1n) is 46.9. The summed E-state index contributed by atoms with van der Waals surface area (Å²) >= 11 is 3.61. The summed E-state index contributed by atoms with van der Waals surface area (Å²) in [6.45, 7) is 26.6. The van der Waals surface area contributed by atoms with Gasteiger partial charge in [-0.3, -0.25) is 0 Å². The van der Waals surface area contributed by atoms with Crippen molar-refractivity contribution in [3.05, 3.63) is 448 Å². The predicted octanol–water partition coefficient (Wildman–Crippen LogP) is 34.7. The third-order valence-electron chi connectivity index (χ3n) is 26.9. The second-order valence-electron chi connectivity index (χ2n) is 37.0. The van der Waals surface area contributed by atoms with Crippen LogP contribution in [-0.2, 0) is 6.42 Å². The molecule has 0 N–H and O–H groups in total. The molecule has 0 unspecified atom stereocenters. The van der Waals surface area contributed by atoms with Gasteiger partial charge in [0, 0.05) is 90.2 Å². The van der Waals surface area contributed by atoms with Gasteiger partial charge in [0.25, 0.3) is 0 Å². The molecule has 0 fully saturated rings. The summed E-state index contributed by atoms with van der Waals surface area (Å²) in [6, 6.07) is 129. The molecule has 5 heterocycles. The van der Waals surface area contributed by atoms with Gasteiger partial charge in [0.05, 0.1) is 11.0 Å². The highest BCUT2D eigenvalue weighted by molar-refractivity contribution is 7.26. The molecule has 0 radical (unpaired) electrons. The molecule has 0 spiro atoms. The second kappa shape index (κ2) is 35.8. The van der Waals surface area contributed by atoms with Crippen LogP contribution in [0.3, 0.4) is 0 Å². The molecule has 7 nitrogen and oxygen atoms in total. The number of rotatable bonds is 13. The molecule has 137 heavy (non-hydrogen) atoms. The highest BCUT2D eigenvalue weighted by Crippen LogP contribution is 2.48. The van der Waals surface area contributed by atoms with E-state index in [2.05, 4.69) is 336 Å². The number of benzene rings is 18. The first kappa shape index (κ1) is 86.6. The first-order chi connectivity index (χ1) is 66.6. The van der Waals surface area contributed by atoms with Gasteiger partial charge in [-0.15, -0.1) is 22.7 Å². The van der Waals surface area contributed by atoms with E-state index in [0.717, 1.165) is 73.2 Å². The smallest absolute Gasteiger partial charge is 0.164 e. The van der Waals surface area contributed by atoms with E-state index in [1.165, 1.54) is 191 Å². The lowest BCUT2D eigenvalue weighted by Gasteiger charge is -2.16. The first-order valence-corrected chi connectivity index (χ1v) is 48.5. The largest absolute Gasteiger partial charge is 0.309 e. The summed E-state index contributed by atoms with van der Waals surface area (Å²) in [5.41, 5.74) is 44.2. The van der Waals surface area contributed by atoms with Crippen LogP contribution in [0.5, 0.6) is 0 Å². The molecule has 0 saturated carbocycles. The van der Waals surface area contributed by atoms with Gasteiger partial charge in [-0.1, -0.05) is 289 Å². The zero-order valence-corrected chi connectivity index (χ0v) is 80.3. The number of nitrogens with zero attached hydrogens (tertiary/aromatic N) is 7. The molecular weight excluding hydrogens is 1710 g/mol. The summed E-state index contributed by atoms with van der Waals surface area (Å²) in [5, 5.41) is 7.32. The average Bonchev–Trinajstić information content (AvgIpc) is 1.58. The molecule has 1 aliphatic rings. The highest BCUT2D eigenvalue weighted by atomic mass is 32.1. The lowest BCUT2D eigenvalue weighted by Crippen LogP contribution is -2.02. The van der Waals surface area contributed by atoms with Gasteiger partial charge in [0.15, 0.2) is 34.9 Å². The second-order valence-corrected chi connectivity index (χ2v) is 39.2. The minimum atomic E-state index is -0.337. The maximum atomic E-state index is 15.1. The number of hydrogen-bond acceptors (Lipinski definition) is 8. The van der Waals surface area contributed by atoms with E-state index in [4.69, 9.17) is 29.9 Å². The predicted molar refractivity (Wildman–Crippen MR) is 576 cm³/mol. The van der Waals surface area contributed by atoms with Crippen LogP contribution in [-0.4, -0.2) is 34.5 Å². The van der Waals surface area contributed by atoms with Crippen molar-refractivity contribution in [1.29, 1.82) is 0 Å². The lowest BCUT2D eigenvalue weighted by atomic mass is 9.90. The zero-order valence-electron chi connectivity index (χ0n) is 78.7. The molecule has 0 bridgehead atoms. The van der Waals surface area contributed by atoms with Gasteiger partial charge >= 0.3 is 0 Å². The van der Waals surface area contributed by atoms with Gasteiger partial charge in [-0.2, -0.15) is 0 Å². The van der Waals surface area contributed by atoms with Crippen molar-refractivity contribution in [2.45, 2.75) is 89.5 Å². The molecule has 18 aromatic carbocycles. The maximum Gasteiger partial charge on any atom is 0.164 e. The minimum absolute atomic E-state index is 0.337. The Labute approximate surface area is 806 Å². The standard InChI is InChI=1S/C63H48N4S.C33H20FN3S.C31H30/c1-37-27-39(3)59(40(4)28-37)46-22-25-55-53(35-46)51-24-21-47(60-41(5)29-38(2)30-42(60)6)36-56(51)67(55)50-32-48(45-23-26-58-54(34-45)52-19-13-14-20-57(52)68-58)31-49(33-50)63-65-61(43-15-9-7-10-16-43)64-62(66-63)44-17-11-8-12-18-44;34-26-18-24(23-15-16-30-28(20-23)27-13-7-8-14-29(27)38-30)17-25(19-26)33-36-31(21-9-3-1-4-10-21)35-32(37-33)22-11-5-2-6-12-22;1-18-11-20(3)30(21(4)12-18)25-9-10-28-27(16-25)15-24-7-8-26(17-29(24)28)31-22(5)13-19(2)14-23(31)6/h7-36H,1-6H3;1-20H;7-14,16-17H,15H2,1-6H3. The molecule has 1 aliphatic carbocycles. The van der Waals surface area contributed by atoms with Gasteiger partial charge in [0.2, 0.25) is 0 Å². The van der Waals surface area contributed by atoms with Crippen molar-refractivity contribution in [3.8, 4) is 152 Å². The van der Waals surface area contributed by atoms with Crippen LogP contribution in [0.2, 0.25) is 0 Å². The Balaban J connectivity index is 0.000000132. The third-order valence-corrected chi connectivity index (χ3v) is 29.2. The minimum Gasteiger partial charge on any atom is -0.309 e. The van der Waals surface area contributed by atoms with Crippen molar-refractivity contribution in [2.75, 3.05) is 0 Å². The van der Waals surface area contributed by atoms with E-state index in [-0.39, 0.29) is 5.82 Å². The van der Waals surface area contributed by atoms with Crippen molar-refractivity contribution >= 4 is 84.8 Å². The van der Waals surface area contributed by atoms with Gasteiger partial charge in [0.1, 0.15) is 5.82 Å². The van der Waals surface area contributed by atoms with Crippen molar-refractivity contribution < 1.29 is 4.39 Å². The van der Waals surface area contributed by atoms with Crippen LogP contribution in [0.25, 0.3) is 214 Å². The van der Waals surface area contributed by atoms with Crippen LogP contribution in [0.4, 0.5) is 4.39 Å². The maximum absolute atomic E-state index is 15.1. The molecule has 0 amide bonds. The molecule has 0 aliphatic heterocycles. The fourth-order valence-corrected chi connectivity index (χ4v) is 23.4. The van der Waals surface area contributed by atoms with E-state index in [1.807, 2.05) is 114 Å². The fourth-order valence-electron chi connectivity index (χ4n) is 21.3. The van der Waals surface area contributed by atoms with E-state index >= 15 is 4.39 Å². The van der Waals surface area contributed by atoms with Crippen LogP contribution in [0.15, 0.2) is 364 Å². The normalized spacial score (nSPS) is 11.7. The summed E-state index contributed by atoms with van der Waals surface area (Å²) in [5.74, 6) is 3.07. The van der Waals surface area contributed by atoms with Crippen LogP contribution in [0, 0.1) is 88.9 Å². The van der Waals surface area contributed by atoms with Crippen molar-refractivity contribution in [1.82, 2.24) is 34.5 Å². The Hall–Kier alpha value is -15.9.